The lowest BCUT2D eigenvalue weighted by molar-refractivity contribution is -0.139. The first-order chi connectivity index (χ1) is 12.3. The van der Waals surface area contributed by atoms with E-state index in [1.165, 1.54) is 12.1 Å². The molecule has 0 saturated heterocycles. The van der Waals surface area contributed by atoms with Crippen LogP contribution in [0.15, 0.2) is 72.2 Å². The first kappa shape index (κ1) is 17.9. The topological polar surface area (TPSA) is 38.7 Å². The summed E-state index contributed by atoms with van der Waals surface area (Å²) in [5, 5.41) is 0. The van der Waals surface area contributed by atoms with Crippen molar-refractivity contribution in [1.82, 2.24) is 0 Å². The Bertz CT molecular complexity index is 857. The van der Waals surface area contributed by atoms with E-state index in [0.717, 1.165) is 17.7 Å². The van der Waals surface area contributed by atoms with E-state index < -0.39 is 29.2 Å². The standard InChI is InChI=1S/C20H16F3NO2/c1-3-16(13-7-5-4-6-8-13)19(2)18(25)26-17(24-19)14-9-11-15(12-10-14)20(21,22)23/h3-12,16H,1H2,2H3/t16?,19-/m0/s1. The van der Waals surface area contributed by atoms with E-state index in [4.69, 9.17) is 4.74 Å². The van der Waals surface area contributed by atoms with Crippen molar-refractivity contribution in [2.75, 3.05) is 0 Å². The van der Waals surface area contributed by atoms with E-state index in [2.05, 4.69) is 11.6 Å². The summed E-state index contributed by atoms with van der Waals surface area (Å²) >= 11 is 0. The van der Waals surface area contributed by atoms with Crippen LogP contribution in [0.4, 0.5) is 13.2 Å². The molecule has 0 amide bonds. The fraction of sp³-hybridized carbons (Fsp3) is 0.200. The smallest absolute Gasteiger partial charge is 0.405 e. The number of esters is 1. The van der Waals surface area contributed by atoms with E-state index >= 15 is 0 Å². The number of carbonyl (C=O) groups excluding carboxylic acids is 1. The lowest BCUT2D eigenvalue weighted by atomic mass is 9.81. The van der Waals surface area contributed by atoms with Gasteiger partial charge in [0.15, 0.2) is 5.54 Å². The molecule has 1 heterocycles. The Labute approximate surface area is 148 Å². The molecular formula is C20H16F3NO2. The number of benzene rings is 2. The highest BCUT2D eigenvalue weighted by molar-refractivity contribution is 6.08. The van der Waals surface area contributed by atoms with Gasteiger partial charge in [0.1, 0.15) is 0 Å². The first-order valence-electron chi connectivity index (χ1n) is 7.93. The molecule has 0 saturated carbocycles. The molecule has 0 bridgehead atoms. The lowest BCUT2D eigenvalue weighted by Gasteiger charge is -2.25. The van der Waals surface area contributed by atoms with Crippen LogP contribution in [-0.2, 0) is 15.7 Å². The summed E-state index contributed by atoms with van der Waals surface area (Å²) in [5.41, 5.74) is -0.853. The molecule has 0 N–H and O–H groups in total. The van der Waals surface area contributed by atoms with Crippen LogP contribution < -0.4 is 0 Å². The molecule has 1 aliphatic rings. The molecule has 2 atom stereocenters. The van der Waals surface area contributed by atoms with Gasteiger partial charge in [-0.25, -0.2) is 9.79 Å². The van der Waals surface area contributed by atoms with Crippen LogP contribution in [-0.4, -0.2) is 17.4 Å². The summed E-state index contributed by atoms with van der Waals surface area (Å²) in [5.74, 6) is -0.988. The Hall–Kier alpha value is -2.89. The molecule has 1 aliphatic heterocycles. The number of nitrogens with zero attached hydrogens (tertiary/aromatic N) is 1. The van der Waals surface area contributed by atoms with Crippen LogP contribution in [0.5, 0.6) is 0 Å². The Morgan fingerprint density at radius 2 is 1.73 bits per heavy atom. The second-order valence-electron chi connectivity index (χ2n) is 6.15. The van der Waals surface area contributed by atoms with E-state index in [-0.39, 0.29) is 5.90 Å². The molecule has 0 fully saturated rings. The second-order valence-corrected chi connectivity index (χ2v) is 6.15. The number of hydrogen-bond donors (Lipinski definition) is 0. The highest BCUT2D eigenvalue weighted by atomic mass is 19.4. The zero-order valence-corrected chi connectivity index (χ0v) is 14.0. The molecule has 3 nitrogen and oxygen atoms in total. The minimum atomic E-state index is -4.43. The van der Waals surface area contributed by atoms with Crippen molar-refractivity contribution in [2.24, 2.45) is 4.99 Å². The van der Waals surface area contributed by atoms with Gasteiger partial charge in [0.05, 0.1) is 5.56 Å². The minimum Gasteiger partial charge on any atom is -0.405 e. The number of alkyl halides is 3. The number of carbonyl (C=O) groups is 1. The summed E-state index contributed by atoms with van der Waals surface area (Å²) in [4.78, 5) is 16.9. The van der Waals surface area contributed by atoms with Crippen molar-refractivity contribution in [3.8, 4) is 0 Å². The van der Waals surface area contributed by atoms with Crippen LogP contribution in [0.25, 0.3) is 0 Å². The fourth-order valence-corrected chi connectivity index (χ4v) is 2.94. The molecule has 2 aromatic carbocycles. The summed E-state index contributed by atoms with van der Waals surface area (Å²) < 4.78 is 43.4. The summed E-state index contributed by atoms with van der Waals surface area (Å²) in [6.45, 7) is 5.43. The van der Waals surface area contributed by atoms with Gasteiger partial charge in [-0.15, -0.1) is 6.58 Å². The molecule has 26 heavy (non-hydrogen) atoms. The Kier molecular flexibility index (Phi) is 4.44. The van der Waals surface area contributed by atoms with E-state index in [1.807, 2.05) is 30.3 Å². The average molecular weight is 359 g/mol. The largest absolute Gasteiger partial charge is 0.416 e. The van der Waals surface area contributed by atoms with Gasteiger partial charge in [-0.3, -0.25) is 0 Å². The van der Waals surface area contributed by atoms with Gasteiger partial charge >= 0.3 is 12.1 Å². The zero-order valence-electron chi connectivity index (χ0n) is 14.0. The Morgan fingerprint density at radius 1 is 1.12 bits per heavy atom. The molecule has 0 aliphatic carbocycles. The average Bonchev–Trinajstić information content (AvgIpc) is 2.92. The highest BCUT2D eigenvalue weighted by Crippen LogP contribution is 2.38. The monoisotopic (exact) mass is 359 g/mol. The molecule has 3 rings (SSSR count). The minimum absolute atomic E-state index is 0.00834. The maximum absolute atomic E-state index is 12.7. The molecule has 0 aromatic heterocycles. The summed E-state index contributed by atoms with van der Waals surface area (Å²) in [6.07, 6.45) is -2.81. The van der Waals surface area contributed by atoms with Gasteiger partial charge in [-0.1, -0.05) is 36.4 Å². The molecule has 2 aromatic rings. The summed E-state index contributed by atoms with van der Waals surface area (Å²) in [6, 6.07) is 13.6. The predicted molar refractivity (Wildman–Crippen MR) is 91.9 cm³/mol. The van der Waals surface area contributed by atoms with Crippen LogP contribution in [0.1, 0.15) is 29.5 Å². The van der Waals surface area contributed by atoms with Crippen molar-refractivity contribution in [2.45, 2.75) is 24.6 Å². The normalized spacial score (nSPS) is 21.1. The van der Waals surface area contributed by atoms with Crippen LogP contribution in [0.3, 0.4) is 0 Å². The Balaban J connectivity index is 1.96. The van der Waals surface area contributed by atoms with Crippen LogP contribution >= 0.6 is 0 Å². The first-order valence-corrected chi connectivity index (χ1v) is 7.93. The van der Waals surface area contributed by atoms with Crippen LogP contribution in [0, 0.1) is 0 Å². The highest BCUT2D eigenvalue weighted by Gasteiger charge is 2.47. The van der Waals surface area contributed by atoms with Crippen molar-refractivity contribution in [3.63, 3.8) is 0 Å². The molecule has 134 valence electrons. The second kappa shape index (κ2) is 6.44. The number of cyclic esters (lactones) is 1. The van der Waals surface area contributed by atoms with Crippen molar-refractivity contribution in [3.05, 3.63) is 83.9 Å². The molecule has 0 radical (unpaired) electrons. The lowest BCUT2D eigenvalue weighted by Crippen LogP contribution is -2.36. The number of aliphatic imine (C=N–C) groups is 1. The number of hydrogen-bond acceptors (Lipinski definition) is 3. The van der Waals surface area contributed by atoms with Gasteiger partial charge in [-0.05, 0) is 36.8 Å². The van der Waals surface area contributed by atoms with Crippen molar-refractivity contribution >= 4 is 11.9 Å². The van der Waals surface area contributed by atoms with Gasteiger partial charge in [-0.2, -0.15) is 13.2 Å². The fourth-order valence-electron chi connectivity index (χ4n) is 2.94. The van der Waals surface area contributed by atoms with Gasteiger partial charge in [0.25, 0.3) is 0 Å². The molecular weight excluding hydrogens is 343 g/mol. The van der Waals surface area contributed by atoms with Gasteiger partial charge in [0.2, 0.25) is 5.90 Å². The maximum Gasteiger partial charge on any atom is 0.416 e. The third-order valence-corrected chi connectivity index (χ3v) is 4.40. The third-order valence-electron chi connectivity index (χ3n) is 4.40. The maximum atomic E-state index is 12.7. The third kappa shape index (κ3) is 3.14. The quantitative estimate of drug-likeness (QED) is 0.584. The van der Waals surface area contributed by atoms with Crippen molar-refractivity contribution in [1.29, 1.82) is 0 Å². The number of rotatable bonds is 4. The molecule has 6 heteroatoms. The van der Waals surface area contributed by atoms with Crippen LogP contribution in [0.2, 0.25) is 0 Å². The predicted octanol–water partition coefficient (Wildman–Crippen LogP) is 4.74. The van der Waals surface area contributed by atoms with E-state index in [1.54, 1.807) is 13.0 Å². The number of halogens is 3. The number of ether oxygens (including phenoxy) is 1. The summed E-state index contributed by atoms with van der Waals surface area (Å²) in [7, 11) is 0. The van der Waals surface area contributed by atoms with E-state index in [0.29, 0.717) is 5.56 Å². The zero-order chi connectivity index (χ0) is 18.9. The SMILES string of the molecule is C=CC(c1ccccc1)[C@]1(C)N=C(c2ccc(C(F)(F)F)cc2)OC1=O. The van der Waals surface area contributed by atoms with Crippen molar-refractivity contribution < 1.29 is 22.7 Å². The van der Waals surface area contributed by atoms with Gasteiger partial charge < -0.3 is 4.74 Å². The molecule has 0 spiro atoms. The van der Waals surface area contributed by atoms with Gasteiger partial charge in [0, 0.05) is 11.5 Å². The van der Waals surface area contributed by atoms with E-state index in [9.17, 15) is 18.0 Å². The Morgan fingerprint density at radius 3 is 2.27 bits per heavy atom. The molecule has 1 unspecified atom stereocenters.